The summed E-state index contributed by atoms with van der Waals surface area (Å²) in [5.41, 5.74) is 2.34. The van der Waals surface area contributed by atoms with E-state index in [1.165, 1.54) is 37.3 Å². The Kier molecular flexibility index (Phi) is 5.11. The van der Waals surface area contributed by atoms with Gasteiger partial charge in [0.1, 0.15) is 23.0 Å². The third-order valence-electron chi connectivity index (χ3n) is 4.14. The molecular formula is C18H16BrN5O4S. The van der Waals surface area contributed by atoms with Crippen LogP contribution < -0.4 is 4.84 Å². The first kappa shape index (κ1) is 19.6. The summed E-state index contributed by atoms with van der Waals surface area (Å²) in [6.07, 6.45) is 1.50. The molecule has 150 valence electrons. The molecule has 0 spiro atoms. The maximum atomic E-state index is 12.4. The Hall–Kier alpha value is -2.76. The van der Waals surface area contributed by atoms with E-state index < -0.39 is 10.0 Å². The Bertz CT molecular complexity index is 1270. The van der Waals surface area contributed by atoms with Gasteiger partial charge < -0.3 is 9.25 Å². The molecule has 2 heterocycles. The van der Waals surface area contributed by atoms with Gasteiger partial charge in [-0.15, -0.1) is 5.10 Å². The Labute approximate surface area is 175 Å². The molecule has 0 radical (unpaired) electrons. The smallest absolute Gasteiger partial charge is 0.242 e. The number of nitrogens with zero attached hydrogens (tertiary/aromatic N) is 5. The van der Waals surface area contributed by atoms with Crippen LogP contribution in [0.1, 0.15) is 5.69 Å². The number of benzene rings is 2. The summed E-state index contributed by atoms with van der Waals surface area (Å²) >= 11 is 3.39. The fourth-order valence-electron chi connectivity index (χ4n) is 2.57. The van der Waals surface area contributed by atoms with Crippen LogP contribution in [0.15, 0.2) is 62.5 Å². The molecule has 4 rings (SSSR count). The average Bonchev–Trinajstić information content (AvgIpc) is 3.33. The number of sulfonamides is 1. The second-order valence-corrected chi connectivity index (χ2v) is 9.39. The Morgan fingerprint density at radius 3 is 2.66 bits per heavy atom. The number of hydrogen-bond acceptors (Lipinski definition) is 7. The van der Waals surface area contributed by atoms with Crippen LogP contribution >= 0.6 is 15.9 Å². The third kappa shape index (κ3) is 3.88. The minimum atomic E-state index is -3.58. The first-order valence-corrected chi connectivity index (χ1v) is 10.7. The second-order valence-electron chi connectivity index (χ2n) is 6.32. The molecule has 0 aliphatic heterocycles. The lowest BCUT2D eigenvalue weighted by Crippen LogP contribution is -2.22. The molecular weight excluding hydrogens is 462 g/mol. The summed E-state index contributed by atoms with van der Waals surface area (Å²) in [7, 11) is -0.640. The van der Waals surface area contributed by atoms with Crippen molar-refractivity contribution in [1.82, 2.24) is 24.4 Å². The molecule has 0 N–H and O–H groups in total. The molecule has 0 atom stereocenters. The number of rotatable bonds is 6. The summed E-state index contributed by atoms with van der Waals surface area (Å²) in [4.78, 5) is 11.3. The minimum absolute atomic E-state index is 0.0726. The van der Waals surface area contributed by atoms with Crippen LogP contribution in [0.3, 0.4) is 0 Å². The van der Waals surface area contributed by atoms with Crippen LogP contribution in [0, 0.1) is 0 Å². The lowest BCUT2D eigenvalue weighted by Gasteiger charge is -2.11. The highest BCUT2D eigenvalue weighted by Crippen LogP contribution is 2.22. The molecule has 0 amide bonds. The van der Waals surface area contributed by atoms with Crippen molar-refractivity contribution in [2.24, 2.45) is 0 Å². The molecule has 0 saturated heterocycles. The van der Waals surface area contributed by atoms with Gasteiger partial charge in [-0.05, 0) is 47.7 Å². The van der Waals surface area contributed by atoms with Crippen LogP contribution in [0.2, 0.25) is 0 Å². The average molecular weight is 478 g/mol. The highest BCUT2D eigenvalue weighted by atomic mass is 79.9. The van der Waals surface area contributed by atoms with Crippen molar-refractivity contribution in [3.63, 3.8) is 0 Å². The summed E-state index contributed by atoms with van der Waals surface area (Å²) in [5, 5.41) is 7.92. The third-order valence-corrected chi connectivity index (χ3v) is 6.48. The van der Waals surface area contributed by atoms with Crippen LogP contribution in [-0.4, -0.2) is 47.0 Å². The Morgan fingerprint density at radius 2 is 1.93 bits per heavy atom. The molecule has 2 aromatic carbocycles. The van der Waals surface area contributed by atoms with E-state index in [0.29, 0.717) is 22.6 Å². The molecule has 4 aromatic rings. The monoisotopic (exact) mass is 477 g/mol. The fraction of sp³-hybridized carbons (Fsp3) is 0.167. The van der Waals surface area contributed by atoms with Gasteiger partial charge in [0.15, 0.2) is 6.61 Å². The fourth-order valence-corrected chi connectivity index (χ4v) is 3.76. The van der Waals surface area contributed by atoms with Crippen molar-refractivity contribution in [3.05, 3.63) is 58.9 Å². The summed E-state index contributed by atoms with van der Waals surface area (Å²) in [6.45, 7) is 0.0726. The molecule has 9 nitrogen and oxygen atoms in total. The van der Waals surface area contributed by atoms with Crippen molar-refractivity contribution in [1.29, 1.82) is 0 Å². The van der Waals surface area contributed by atoms with Gasteiger partial charge in [0, 0.05) is 24.1 Å². The molecule has 0 saturated carbocycles. The second kappa shape index (κ2) is 7.58. The zero-order chi connectivity index (χ0) is 20.6. The maximum absolute atomic E-state index is 12.4. The normalized spacial score (nSPS) is 12.0. The SMILES string of the molecule is CN(C)S(=O)(=O)c1ccc2nnn(OCc3coc(-c4ccc(Br)cc4)n3)c2c1. The van der Waals surface area contributed by atoms with Gasteiger partial charge >= 0.3 is 0 Å². The number of fused-ring (bicyclic) bond motifs is 1. The Balaban J connectivity index is 1.55. The highest BCUT2D eigenvalue weighted by molar-refractivity contribution is 9.10. The van der Waals surface area contributed by atoms with Gasteiger partial charge in [-0.3, -0.25) is 0 Å². The number of hydrogen-bond donors (Lipinski definition) is 0. The summed E-state index contributed by atoms with van der Waals surface area (Å²) < 4.78 is 32.3. The van der Waals surface area contributed by atoms with Crippen molar-refractivity contribution in [2.75, 3.05) is 14.1 Å². The molecule has 0 bridgehead atoms. The van der Waals surface area contributed by atoms with Gasteiger partial charge in [0.25, 0.3) is 0 Å². The van der Waals surface area contributed by atoms with E-state index in [2.05, 4.69) is 31.2 Å². The quantitative estimate of drug-likeness (QED) is 0.420. The van der Waals surface area contributed by atoms with E-state index in [-0.39, 0.29) is 11.5 Å². The molecule has 0 fully saturated rings. The van der Waals surface area contributed by atoms with E-state index >= 15 is 0 Å². The highest BCUT2D eigenvalue weighted by Gasteiger charge is 2.19. The van der Waals surface area contributed by atoms with Crippen LogP contribution in [0.4, 0.5) is 0 Å². The molecule has 0 aliphatic rings. The molecule has 2 aromatic heterocycles. The van der Waals surface area contributed by atoms with Crippen molar-refractivity contribution >= 4 is 37.0 Å². The number of oxazole rings is 1. The molecule has 11 heteroatoms. The van der Waals surface area contributed by atoms with Crippen molar-refractivity contribution < 1.29 is 17.7 Å². The van der Waals surface area contributed by atoms with Crippen LogP contribution in [0.25, 0.3) is 22.5 Å². The Morgan fingerprint density at radius 1 is 1.17 bits per heavy atom. The first-order valence-electron chi connectivity index (χ1n) is 8.46. The summed E-state index contributed by atoms with van der Waals surface area (Å²) in [5.74, 6) is 0.471. The zero-order valence-electron chi connectivity index (χ0n) is 15.5. The lowest BCUT2D eigenvalue weighted by atomic mass is 10.2. The van der Waals surface area contributed by atoms with E-state index in [4.69, 9.17) is 9.25 Å². The van der Waals surface area contributed by atoms with E-state index in [9.17, 15) is 8.42 Å². The van der Waals surface area contributed by atoms with Crippen LogP contribution in [0.5, 0.6) is 0 Å². The van der Waals surface area contributed by atoms with Gasteiger partial charge in [-0.25, -0.2) is 17.7 Å². The number of aromatic nitrogens is 4. The minimum Gasteiger partial charge on any atom is -0.444 e. The van der Waals surface area contributed by atoms with E-state index in [1.54, 1.807) is 6.07 Å². The van der Waals surface area contributed by atoms with Crippen molar-refractivity contribution in [2.45, 2.75) is 11.5 Å². The summed E-state index contributed by atoms with van der Waals surface area (Å²) in [6, 6.07) is 12.1. The molecule has 0 unspecified atom stereocenters. The van der Waals surface area contributed by atoms with Gasteiger partial charge in [-0.2, -0.15) is 0 Å². The van der Waals surface area contributed by atoms with E-state index in [0.717, 1.165) is 14.3 Å². The number of halogens is 1. The van der Waals surface area contributed by atoms with Crippen molar-refractivity contribution in [3.8, 4) is 11.5 Å². The molecule has 0 aliphatic carbocycles. The maximum Gasteiger partial charge on any atom is 0.242 e. The zero-order valence-corrected chi connectivity index (χ0v) is 17.9. The van der Waals surface area contributed by atoms with Gasteiger partial charge in [0.2, 0.25) is 15.9 Å². The standard InChI is InChI=1S/C18H16BrN5O4S/c1-23(2)29(25,26)15-7-8-16-17(9-15)24(22-21-16)28-11-14-10-27-18(20-14)12-3-5-13(19)6-4-12/h3-10H,11H2,1-2H3. The van der Waals surface area contributed by atoms with Gasteiger partial charge in [0.05, 0.1) is 4.90 Å². The first-order chi connectivity index (χ1) is 13.8. The van der Waals surface area contributed by atoms with Gasteiger partial charge in [-0.1, -0.05) is 20.8 Å². The predicted molar refractivity (Wildman–Crippen MR) is 108 cm³/mol. The molecule has 29 heavy (non-hydrogen) atoms. The lowest BCUT2D eigenvalue weighted by molar-refractivity contribution is 0.0730. The topological polar surface area (TPSA) is 103 Å². The van der Waals surface area contributed by atoms with E-state index in [1.807, 2.05) is 24.3 Å². The van der Waals surface area contributed by atoms with Crippen LogP contribution in [-0.2, 0) is 16.6 Å². The predicted octanol–water partition coefficient (Wildman–Crippen LogP) is 2.73. The largest absolute Gasteiger partial charge is 0.444 e.